The number of nitrogens with two attached hydrogens (primary N) is 1. The van der Waals surface area contributed by atoms with Crippen LogP contribution in [0.1, 0.15) is 17.3 Å². The molecule has 0 bridgehead atoms. The van der Waals surface area contributed by atoms with Gasteiger partial charge in [-0.05, 0) is 31.2 Å². The van der Waals surface area contributed by atoms with Crippen LogP contribution in [0.5, 0.6) is 5.75 Å². The first kappa shape index (κ1) is 16.4. The molecule has 0 aromatic heterocycles. The summed E-state index contributed by atoms with van der Waals surface area (Å²) in [6, 6.07) is 5.79. The maximum absolute atomic E-state index is 11.8. The fourth-order valence-electron chi connectivity index (χ4n) is 1.29. The summed E-state index contributed by atoms with van der Waals surface area (Å²) < 4.78 is 5.02. The van der Waals surface area contributed by atoms with E-state index in [1.54, 1.807) is 0 Å². The van der Waals surface area contributed by atoms with Crippen LogP contribution in [0, 0.1) is 0 Å². The van der Waals surface area contributed by atoms with E-state index in [4.69, 9.17) is 15.6 Å². The zero-order valence-corrected chi connectivity index (χ0v) is 11.3. The molecule has 21 heavy (non-hydrogen) atoms. The van der Waals surface area contributed by atoms with E-state index in [1.807, 2.05) is 0 Å². The molecule has 0 saturated heterocycles. The van der Waals surface area contributed by atoms with Crippen molar-refractivity contribution in [2.75, 3.05) is 13.2 Å². The Morgan fingerprint density at radius 3 is 2.33 bits per heavy atom. The van der Waals surface area contributed by atoms with Gasteiger partial charge in [0.2, 0.25) is 0 Å². The Hall–Kier alpha value is -2.61. The van der Waals surface area contributed by atoms with E-state index in [-0.39, 0.29) is 12.2 Å². The summed E-state index contributed by atoms with van der Waals surface area (Å²) in [5, 5.41) is 20.5. The number of ether oxygens (including phenoxy) is 1. The first-order valence-corrected chi connectivity index (χ1v) is 5.97. The number of hydrogen-bond acceptors (Lipinski definition) is 5. The van der Waals surface area contributed by atoms with Crippen LogP contribution >= 0.6 is 0 Å². The molecule has 2 amide bonds. The van der Waals surface area contributed by atoms with Crippen LogP contribution in [0.4, 0.5) is 0 Å². The molecular formula is C13H16N2O6. The number of nitrogens with one attached hydrogen (secondary N) is 1. The van der Waals surface area contributed by atoms with Crippen molar-refractivity contribution in [2.24, 2.45) is 5.73 Å². The van der Waals surface area contributed by atoms with Gasteiger partial charge in [-0.2, -0.15) is 0 Å². The molecule has 0 aliphatic rings. The van der Waals surface area contributed by atoms with Gasteiger partial charge >= 0.3 is 5.97 Å². The molecule has 1 unspecified atom stereocenters. The van der Waals surface area contributed by atoms with Crippen molar-refractivity contribution in [1.29, 1.82) is 0 Å². The molecular weight excluding hydrogens is 280 g/mol. The fraction of sp³-hybridized carbons (Fsp3) is 0.308. The number of rotatable bonds is 7. The third-order valence-corrected chi connectivity index (χ3v) is 2.55. The number of amides is 2. The van der Waals surface area contributed by atoms with Crippen molar-refractivity contribution in [3.63, 3.8) is 0 Å². The lowest BCUT2D eigenvalue weighted by Crippen LogP contribution is -2.46. The third-order valence-electron chi connectivity index (χ3n) is 2.55. The van der Waals surface area contributed by atoms with E-state index >= 15 is 0 Å². The molecule has 0 spiro atoms. The zero-order chi connectivity index (χ0) is 16.0. The van der Waals surface area contributed by atoms with Crippen LogP contribution in [0.2, 0.25) is 0 Å². The Balaban J connectivity index is 2.59. The lowest BCUT2D eigenvalue weighted by molar-refractivity contribution is -0.155. The maximum atomic E-state index is 11.8. The lowest BCUT2D eigenvalue weighted by atomic mass is 10.1. The molecule has 0 radical (unpaired) electrons. The molecule has 1 aromatic rings. The first-order chi connectivity index (χ1) is 9.72. The van der Waals surface area contributed by atoms with E-state index in [0.29, 0.717) is 5.75 Å². The number of primary amides is 1. The molecule has 5 N–H and O–H groups in total. The Morgan fingerprint density at radius 2 is 1.86 bits per heavy atom. The lowest BCUT2D eigenvalue weighted by Gasteiger charge is -2.18. The summed E-state index contributed by atoms with van der Waals surface area (Å²) in [4.78, 5) is 33.0. The van der Waals surface area contributed by atoms with Crippen LogP contribution in [-0.2, 0) is 9.59 Å². The van der Waals surface area contributed by atoms with Gasteiger partial charge in [0.05, 0.1) is 6.54 Å². The largest absolute Gasteiger partial charge is 0.484 e. The van der Waals surface area contributed by atoms with Crippen molar-refractivity contribution < 1.29 is 29.3 Å². The van der Waals surface area contributed by atoms with Gasteiger partial charge in [0, 0.05) is 5.56 Å². The molecule has 1 atom stereocenters. The highest BCUT2D eigenvalue weighted by molar-refractivity contribution is 5.94. The summed E-state index contributed by atoms with van der Waals surface area (Å²) in [5.74, 6) is -2.23. The van der Waals surface area contributed by atoms with Crippen LogP contribution in [0.25, 0.3) is 0 Å². The van der Waals surface area contributed by atoms with Crippen molar-refractivity contribution in [3.05, 3.63) is 29.8 Å². The van der Waals surface area contributed by atoms with E-state index in [1.165, 1.54) is 24.3 Å². The van der Waals surface area contributed by atoms with Crippen LogP contribution in [0.3, 0.4) is 0 Å². The normalized spacial score (nSPS) is 13.0. The fourth-order valence-corrected chi connectivity index (χ4v) is 1.29. The number of carboxylic acid groups (broad SMARTS) is 1. The van der Waals surface area contributed by atoms with Gasteiger partial charge < -0.3 is 26.0 Å². The smallest absolute Gasteiger partial charge is 0.337 e. The second kappa shape index (κ2) is 6.71. The van der Waals surface area contributed by atoms with Gasteiger partial charge in [0.25, 0.3) is 11.8 Å². The van der Waals surface area contributed by atoms with Crippen molar-refractivity contribution in [2.45, 2.75) is 12.5 Å². The number of carbonyl (C=O) groups is 3. The van der Waals surface area contributed by atoms with E-state index in [0.717, 1.165) is 6.92 Å². The molecule has 0 aliphatic heterocycles. The number of carboxylic acids is 1. The van der Waals surface area contributed by atoms with Gasteiger partial charge in [-0.3, -0.25) is 9.59 Å². The average Bonchev–Trinajstić information content (AvgIpc) is 2.43. The summed E-state index contributed by atoms with van der Waals surface area (Å²) in [5.41, 5.74) is 3.13. The second-order valence-corrected chi connectivity index (χ2v) is 4.54. The van der Waals surface area contributed by atoms with Gasteiger partial charge in [-0.15, -0.1) is 0 Å². The minimum Gasteiger partial charge on any atom is -0.484 e. The Labute approximate surface area is 120 Å². The SMILES string of the molecule is CC(O)(CNC(=O)c1ccc(OCC(N)=O)cc1)C(=O)O. The number of hydrogen-bond donors (Lipinski definition) is 4. The molecule has 0 saturated carbocycles. The standard InChI is InChI=1S/C13H16N2O6/c1-13(20,12(18)19)7-15-11(17)8-2-4-9(5-3-8)21-6-10(14)16/h2-5,20H,6-7H2,1H3,(H2,14,16)(H,15,17)(H,18,19). The van der Waals surface area contributed by atoms with Crippen LogP contribution in [-0.4, -0.2) is 46.7 Å². The number of aliphatic hydroxyl groups is 1. The van der Waals surface area contributed by atoms with Gasteiger partial charge in [0.15, 0.2) is 12.2 Å². The predicted molar refractivity (Wildman–Crippen MR) is 71.7 cm³/mol. The van der Waals surface area contributed by atoms with E-state index in [9.17, 15) is 19.5 Å². The van der Waals surface area contributed by atoms with Gasteiger partial charge in [-0.1, -0.05) is 0 Å². The quantitative estimate of drug-likeness (QED) is 0.515. The van der Waals surface area contributed by atoms with E-state index < -0.39 is 29.9 Å². The van der Waals surface area contributed by atoms with Crippen LogP contribution in [0.15, 0.2) is 24.3 Å². The average molecular weight is 296 g/mol. The first-order valence-electron chi connectivity index (χ1n) is 5.97. The van der Waals surface area contributed by atoms with Crippen molar-refractivity contribution >= 4 is 17.8 Å². The number of carbonyl (C=O) groups excluding carboxylic acids is 2. The molecule has 114 valence electrons. The monoisotopic (exact) mass is 296 g/mol. The summed E-state index contributed by atoms with van der Waals surface area (Å²) >= 11 is 0. The molecule has 1 aromatic carbocycles. The Morgan fingerprint density at radius 1 is 1.29 bits per heavy atom. The summed E-state index contributed by atoms with van der Waals surface area (Å²) in [7, 11) is 0. The highest BCUT2D eigenvalue weighted by Crippen LogP contribution is 2.12. The molecule has 0 fully saturated rings. The zero-order valence-electron chi connectivity index (χ0n) is 11.3. The summed E-state index contributed by atoms with van der Waals surface area (Å²) in [6.07, 6.45) is 0. The minimum absolute atomic E-state index is 0.252. The third kappa shape index (κ3) is 5.11. The molecule has 8 nitrogen and oxygen atoms in total. The van der Waals surface area contributed by atoms with Crippen molar-refractivity contribution in [1.82, 2.24) is 5.32 Å². The van der Waals surface area contributed by atoms with E-state index in [2.05, 4.69) is 5.32 Å². The molecule has 8 heteroatoms. The maximum Gasteiger partial charge on any atom is 0.337 e. The molecule has 0 aliphatic carbocycles. The van der Waals surface area contributed by atoms with Gasteiger partial charge in [-0.25, -0.2) is 4.79 Å². The minimum atomic E-state index is -2.04. The predicted octanol–water partition coefficient (Wildman–Crippen LogP) is -0.884. The number of aliphatic carboxylic acids is 1. The second-order valence-electron chi connectivity index (χ2n) is 4.54. The van der Waals surface area contributed by atoms with Gasteiger partial charge in [0.1, 0.15) is 5.75 Å². The van der Waals surface area contributed by atoms with Crippen molar-refractivity contribution in [3.8, 4) is 5.75 Å². The Bertz CT molecular complexity index is 538. The summed E-state index contributed by atoms with van der Waals surface area (Å²) in [6.45, 7) is 0.379. The number of benzene rings is 1. The highest BCUT2D eigenvalue weighted by atomic mass is 16.5. The Kier molecular flexibility index (Phi) is 5.25. The van der Waals surface area contributed by atoms with Crippen LogP contribution < -0.4 is 15.8 Å². The molecule has 0 heterocycles. The topological polar surface area (TPSA) is 139 Å². The molecule has 1 rings (SSSR count). The highest BCUT2D eigenvalue weighted by Gasteiger charge is 2.30.